The number of aromatic nitrogens is 2. The Kier molecular flexibility index (Phi) is 12.5. The van der Waals surface area contributed by atoms with Gasteiger partial charge in [-0.3, -0.25) is 9.79 Å². The number of fused-ring (bicyclic) bond motifs is 2. The van der Waals surface area contributed by atoms with Crippen LogP contribution in [0.5, 0.6) is 0 Å². The van der Waals surface area contributed by atoms with E-state index >= 15 is 0 Å². The summed E-state index contributed by atoms with van der Waals surface area (Å²) in [6.45, 7) is 15.5. The van der Waals surface area contributed by atoms with Gasteiger partial charge in [-0.15, -0.1) is 0 Å². The number of imidazole rings is 1. The van der Waals surface area contributed by atoms with Crippen molar-refractivity contribution in [2.45, 2.75) is 52.9 Å². The van der Waals surface area contributed by atoms with Gasteiger partial charge in [-0.1, -0.05) is 32.4 Å². The van der Waals surface area contributed by atoms with Gasteiger partial charge in [0.25, 0.3) is 0 Å². The SMILES string of the molecule is CN1CCN(c2ccc3c(c2)CC(c2ccc4nc(-c5c[c-]ccc5)[nH]c4c2)=N3)CC1.[CH2-]CCC(=O)NCCCC(C)(C)C.[Y]. The zero-order valence-electron chi connectivity index (χ0n) is 27.3. The number of anilines is 1. The van der Waals surface area contributed by atoms with Crippen molar-refractivity contribution in [3.63, 3.8) is 0 Å². The Bertz CT molecular complexity index is 1580. The second-order valence-corrected chi connectivity index (χ2v) is 13.1. The zero-order chi connectivity index (χ0) is 31.1. The molecular weight excluding hydrogens is 633 g/mol. The van der Waals surface area contributed by atoms with Crippen LogP contribution < -0.4 is 10.2 Å². The third-order valence-corrected chi connectivity index (χ3v) is 8.17. The van der Waals surface area contributed by atoms with E-state index in [4.69, 9.17) is 9.98 Å². The molecule has 0 unspecified atom stereocenters. The number of piperazine rings is 1. The number of aliphatic imine (C=N–C) groups is 1. The minimum Gasteiger partial charge on any atom is -0.369 e. The number of rotatable bonds is 8. The van der Waals surface area contributed by atoms with E-state index in [9.17, 15) is 4.79 Å². The van der Waals surface area contributed by atoms with Crippen LogP contribution in [0, 0.1) is 18.4 Å². The van der Waals surface area contributed by atoms with Gasteiger partial charge in [0.1, 0.15) is 0 Å². The van der Waals surface area contributed by atoms with Crippen LogP contribution in [0.4, 0.5) is 11.4 Å². The number of amides is 1. The molecule has 45 heavy (non-hydrogen) atoms. The van der Waals surface area contributed by atoms with Crippen LogP contribution in [-0.2, 0) is 43.9 Å². The van der Waals surface area contributed by atoms with Crippen LogP contribution in [0.3, 0.4) is 0 Å². The van der Waals surface area contributed by atoms with Gasteiger partial charge in [0.2, 0.25) is 5.91 Å². The second-order valence-electron chi connectivity index (χ2n) is 13.1. The van der Waals surface area contributed by atoms with Crippen molar-refractivity contribution in [1.82, 2.24) is 20.2 Å². The van der Waals surface area contributed by atoms with Crippen LogP contribution in [0.2, 0.25) is 0 Å². The summed E-state index contributed by atoms with van der Waals surface area (Å²) in [4.78, 5) is 29.0. The number of hydrogen-bond acceptors (Lipinski definition) is 5. The number of nitrogens with one attached hydrogen (secondary N) is 2. The molecule has 235 valence electrons. The first-order valence-corrected chi connectivity index (χ1v) is 15.8. The second kappa shape index (κ2) is 16.1. The summed E-state index contributed by atoms with van der Waals surface area (Å²) in [6, 6.07) is 24.1. The smallest absolute Gasteiger partial charge is 0.217 e. The third kappa shape index (κ3) is 9.81. The summed E-state index contributed by atoms with van der Waals surface area (Å²) in [5, 5.41) is 2.88. The largest absolute Gasteiger partial charge is 0.369 e. The number of hydrogen-bond donors (Lipinski definition) is 2. The Hall–Kier alpha value is -2.87. The first kappa shape index (κ1) is 35.0. The van der Waals surface area contributed by atoms with Gasteiger partial charge in [0.05, 0.1) is 28.3 Å². The molecule has 0 bridgehead atoms. The summed E-state index contributed by atoms with van der Waals surface area (Å²) in [5.74, 6) is 1.00. The van der Waals surface area contributed by atoms with Crippen molar-refractivity contribution in [2.24, 2.45) is 10.4 Å². The fourth-order valence-electron chi connectivity index (χ4n) is 5.58. The Morgan fingerprint density at radius 2 is 1.87 bits per heavy atom. The summed E-state index contributed by atoms with van der Waals surface area (Å²) < 4.78 is 0. The first-order valence-electron chi connectivity index (χ1n) is 15.8. The Balaban J connectivity index is 0.000000283. The fraction of sp³-hybridized carbons (Fsp3) is 0.405. The molecule has 0 saturated carbocycles. The predicted molar refractivity (Wildman–Crippen MR) is 183 cm³/mol. The van der Waals surface area contributed by atoms with Crippen molar-refractivity contribution in [3.8, 4) is 11.4 Å². The molecule has 1 radical (unpaired) electrons. The maximum absolute atomic E-state index is 11.0. The molecule has 4 aromatic rings. The summed E-state index contributed by atoms with van der Waals surface area (Å²) in [7, 11) is 2.19. The van der Waals surface area contributed by atoms with Crippen molar-refractivity contribution < 1.29 is 37.5 Å². The summed E-state index contributed by atoms with van der Waals surface area (Å²) in [5.41, 5.74) is 9.42. The van der Waals surface area contributed by atoms with Gasteiger partial charge >= 0.3 is 0 Å². The van der Waals surface area contributed by atoms with Crippen molar-refractivity contribution in [2.75, 3.05) is 44.7 Å². The average Bonchev–Trinajstić information content (AvgIpc) is 3.64. The average molecular weight is 680 g/mol. The van der Waals surface area contributed by atoms with Crippen molar-refractivity contribution in [1.29, 1.82) is 0 Å². The molecule has 1 amide bonds. The number of carbonyl (C=O) groups excluding carboxylic acids is 1. The normalized spacial score (nSPS) is 14.7. The quantitative estimate of drug-likeness (QED) is 0.155. The van der Waals surface area contributed by atoms with Gasteiger partial charge in [-0.2, -0.15) is 36.8 Å². The molecule has 6 rings (SSSR count). The maximum atomic E-state index is 11.0. The molecule has 3 aromatic carbocycles. The van der Waals surface area contributed by atoms with Crippen LogP contribution in [0.25, 0.3) is 22.4 Å². The minimum absolute atomic E-state index is 0. The van der Waals surface area contributed by atoms with Gasteiger partial charge in [0.15, 0.2) is 0 Å². The van der Waals surface area contributed by atoms with E-state index in [1.54, 1.807) is 0 Å². The topological polar surface area (TPSA) is 76.6 Å². The van der Waals surface area contributed by atoms with Crippen molar-refractivity contribution in [3.05, 3.63) is 84.8 Å². The number of likely N-dealkylation sites (N-methyl/N-ethyl adjacent to an activating group) is 1. The number of nitrogens with zero attached hydrogens (tertiary/aromatic N) is 4. The monoisotopic (exact) mass is 679 g/mol. The van der Waals surface area contributed by atoms with E-state index in [0.717, 1.165) is 91.4 Å². The van der Waals surface area contributed by atoms with E-state index < -0.39 is 0 Å². The van der Waals surface area contributed by atoms with Gasteiger partial charge in [0, 0.05) is 77.5 Å². The molecular formula is C37H46N6OY-2. The van der Waals surface area contributed by atoms with E-state index in [1.165, 1.54) is 11.3 Å². The van der Waals surface area contributed by atoms with Crippen LogP contribution >= 0.6 is 0 Å². The number of aromatic amines is 1. The Morgan fingerprint density at radius 1 is 1.07 bits per heavy atom. The molecule has 3 heterocycles. The Morgan fingerprint density at radius 3 is 2.58 bits per heavy atom. The standard InChI is InChI=1S/C26H24N5.C11H22NO.Y/c1-30-11-13-31(14-12-30)21-8-10-22-20(15-21)17-24(27-22)19-7-9-23-25(16-19)29-26(28-23)18-5-3-2-4-6-18;1-5-7-10(13)12-9-6-8-11(2,3)4;/h2-3,5-10,15-16H,11-14,17H2,1H3,(H,28,29);1,5-9H2,2-4H3,(H,12,13);/q2*-1;. The van der Waals surface area contributed by atoms with Crippen LogP contribution in [0.15, 0.2) is 65.7 Å². The molecule has 2 aliphatic rings. The van der Waals surface area contributed by atoms with Crippen LogP contribution in [0.1, 0.15) is 57.6 Å². The fourth-order valence-corrected chi connectivity index (χ4v) is 5.58. The summed E-state index contributed by atoms with van der Waals surface area (Å²) >= 11 is 0. The van der Waals surface area contributed by atoms with E-state index in [-0.39, 0.29) is 38.6 Å². The molecule has 7 nitrogen and oxygen atoms in total. The molecule has 2 aliphatic heterocycles. The molecule has 0 atom stereocenters. The summed E-state index contributed by atoms with van der Waals surface area (Å²) in [6.07, 6.45) is 4.32. The molecule has 1 aromatic heterocycles. The molecule has 0 spiro atoms. The van der Waals surface area contributed by atoms with Gasteiger partial charge in [-0.05, 0) is 73.2 Å². The third-order valence-electron chi connectivity index (χ3n) is 8.17. The van der Waals surface area contributed by atoms with Crippen molar-refractivity contribution >= 4 is 34.0 Å². The van der Waals surface area contributed by atoms with E-state index in [1.807, 2.05) is 24.3 Å². The van der Waals surface area contributed by atoms with Crippen LogP contribution in [-0.4, -0.2) is 66.3 Å². The molecule has 2 N–H and O–H groups in total. The first-order chi connectivity index (χ1) is 21.2. The van der Waals surface area contributed by atoms with Gasteiger partial charge < -0.3 is 27.0 Å². The van der Waals surface area contributed by atoms with Gasteiger partial charge in [-0.25, -0.2) is 4.98 Å². The van der Waals surface area contributed by atoms with E-state index in [0.29, 0.717) is 18.3 Å². The Labute approximate surface area is 294 Å². The molecule has 0 aliphatic carbocycles. The molecule has 8 heteroatoms. The predicted octanol–water partition coefficient (Wildman–Crippen LogP) is 7.00. The molecule has 1 fully saturated rings. The minimum atomic E-state index is 0. The number of benzene rings is 3. The van der Waals surface area contributed by atoms with E-state index in [2.05, 4.69) is 97.3 Å². The zero-order valence-corrected chi connectivity index (χ0v) is 30.2. The number of H-pyrrole nitrogens is 1. The molecule has 1 saturated heterocycles. The maximum Gasteiger partial charge on any atom is 0.217 e. The number of carbonyl (C=O) groups is 1.